The van der Waals surface area contributed by atoms with Crippen molar-refractivity contribution >= 4 is 0 Å². The molecule has 0 unspecified atom stereocenters. The first-order valence-corrected chi connectivity index (χ1v) is 7.36. The Hall–Kier alpha value is -2.01. The van der Waals surface area contributed by atoms with Crippen LogP contribution in [-0.2, 0) is 6.54 Å². The number of likely N-dealkylation sites (tertiary alicyclic amines) is 1. The number of pyridine rings is 1. The van der Waals surface area contributed by atoms with Crippen LogP contribution in [-0.4, -0.2) is 38.8 Å². The van der Waals surface area contributed by atoms with Crippen LogP contribution in [0, 0.1) is 5.92 Å². The van der Waals surface area contributed by atoms with E-state index in [-0.39, 0.29) is 5.56 Å². The van der Waals surface area contributed by atoms with Crippen molar-refractivity contribution in [1.82, 2.24) is 19.7 Å². The van der Waals surface area contributed by atoms with Gasteiger partial charge in [-0.3, -0.25) is 9.78 Å². The van der Waals surface area contributed by atoms with Crippen molar-refractivity contribution in [3.63, 3.8) is 0 Å². The fraction of sp³-hybridized carbons (Fsp3) is 0.438. The highest BCUT2D eigenvalue weighted by Gasteiger charge is 2.29. The zero-order valence-electron chi connectivity index (χ0n) is 12.4. The predicted molar refractivity (Wildman–Crippen MR) is 81.9 cm³/mol. The summed E-state index contributed by atoms with van der Waals surface area (Å²) in [5.74, 6) is 0.516. The molecule has 3 heterocycles. The molecule has 1 saturated heterocycles. The fourth-order valence-corrected chi connectivity index (χ4v) is 2.64. The van der Waals surface area contributed by atoms with E-state index in [2.05, 4.69) is 28.8 Å². The highest BCUT2D eigenvalue weighted by atomic mass is 16.1. The van der Waals surface area contributed by atoms with E-state index >= 15 is 0 Å². The second-order valence-electron chi connectivity index (χ2n) is 5.89. The molecule has 0 aromatic carbocycles. The maximum atomic E-state index is 12.0. The van der Waals surface area contributed by atoms with Gasteiger partial charge in [-0.05, 0) is 32.0 Å². The summed E-state index contributed by atoms with van der Waals surface area (Å²) in [6.07, 6.45) is 3.50. The molecule has 21 heavy (non-hydrogen) atoms. The molecule has 1 aliphatic heterocycles. The molecule has 0 spiro atoms. The number of aromatic nitrogens is 3. The van der Waals surface area contributed by atoms with Crippen LogP contribution in [0.15, 0.2) is 41.5 Å². The molecule has 0 radical (unpaired) electrons. The lowest BCUT2D eigenvalue weighted by Gasteiger charge is -2.42. The lowest BCUT2D eigenvalue weighted by atomic mass is 9.98. The summed E-state index contributed by atoms with van der Waals surface area (Å²) in [5, 5.41) is 4.48. The monoisotopic (exact) mass is 284 g/mol. The van der Waals surface area contributed by atoms with Gasteiger partial charge in [-0.1, -0.05) is 0 Å². The van der Waals surface area contributed by atoms with Crippen molar-refractivity contribution in [3.05, 3.63) is 47.0 Å². The minimum absolute atomic E-state index is 0.0364. The number of hydrogen-bond acceptors (Lipinski definition) is 4. The average Bonchev–Trinajstić information content (AvgIpc) is 2.44. The Balaban J connectivity index is 1.76. The SMILES string of the molecule is CC(C)N1CC(Cn2nc(-c3cccnc3)ccc2=O)C1. The summed E-state index contributed by atoms with van der Waals surface area (Å²) in [5.41, 5.74) is 1.69. The Morgan fingerprint density at radius 2 is 2.10 bits per heavy atom. The van der Waals surface area contributed by atoms with E-state index < -0.39 is 0 Å². The van der Waals surface area contributed by atoms with Crippen molar-refractivity contribution in [3.8, 4) is 11.3 Å². The summed E-state index contributed by atoms with van der Waals surface area (Å²) >= 11 is 0. The van der Waals surface area contributed by atoms with Gasteiger partial charge >= 0.3 is 0 Å². The zero-order valence-corrected chi connectivity index (χ0v) is 12.4. The van der Waals surface area contributed by atoms with Gasteiger partial charge in [0.25, 0.3) is 5.56 Å². The molecule has 1 aliphatic rings. The smallest absolute Gasteiger partial charge is 0.266 e. The molecule has 2 aromatic rings. The van der Waals surface area contributed by atoms with E-state index in [1.54, 1.807) is 29.2 Å². The van der Waals surface area contributed by atoms with Gasteiger partial charge in [0.1, 0.15) is 0 Å². The topological polar surface area (TPSA) is 51.0 Å². The first kappa shape index (κ1) is 13.9. The van der Waals surface area contributed by atoms with Crippen LogP contribution in [0.2, 0.25) is 0 Å². The van der Waals surface area contributed by atoms with Gasteiger partial charge in [0.15, 0.2) is 0 Å². The van der Waals surface area contributed by atoms with Gasteiger partial charge in [-0.25, -0.2) is 4.68 Å². The number of hydrogen-bond donors (Lipinski definition) is 0. The first-order valence-electron chi connectivity index (χ1n) is 7.36. The van der Waals surface area contributed by atoms with Crippen molar-refractivity contribution in [1.29, 1.82) is 0 Å². The van der Waals surface area contributed by atoms with Crippen LogP contribution in [0.4, 0.5) is 0 Å². The van der Waals surface area contributed by atoms with Crippen molar-refractivity contribution in [2.24, 2.45) is 5.92 Å². The molecule has 0 aliphatic carbocycles. The number of nitrogens with zero attached hydrogens (tertiary/aromatic N) is 4. The average molecular weight is 284 g/mol. The summed E-state index contributed by atoms with van der Waals surface area (Å²) in [6, 6.07) is 7.76. The van der Waals surface area contributed by atoms with Gasteiger partial charge in [0.05, 0.1) is 12.2 Å². The van der Waals surface area contributed by atoms with Gasteiger partial charge in [-0.15, -0.1) is 0 Å². The largest absolute Gasteiger partial charge is 0.300 e. The van der Waals surface area contributed by atoms with Crippen LogP contribution >= 0.6 is 0 Å². The van der Waals surface area contributed by atoms with Crippen LogP contribution in [0.1, 0.15) is 13.8 Å². The molecule has 0 atom stereocenters. The first-order chi connectivity index (χ1) is 10.1. The van der Waals surface area contributed by atoms with Crippen LogP contribution in [0.3, 0.4) is 0 Å². The number of rotatable bonds is 4. The van der Waals surface area contributed by atoms with Gasteiger partial charge < -0.3 is 4.90 Å². The van der Waals surface area contributed by atoms with Crippen molar-refractivity contribution in [2.75, 3.05) is 13.1 Å². The maximum absolute atomic E-state index is 12.0. The van der Waals surface area contributed by atoms with Crippen LogP contribution in [0.5, 0.6) is 0 Å². The Bertz CT molecular complexity index is 659. The highest BCUT2D eigenvalue weighted by Crippen LogP contribution is 2.20. The van der Waals surface area contributed by atoms with Gasteiger partial charge in [0.2, 0.25) is 0 Å². The lowest BCUT2D eigenvalue weighted by molar-refractivity contribution is 0.0546. The minimum Gasteiger partial charge on any atom is -0.300 e. The third-order valence-electron chi connectivity index (χ3n) is 3.97. The molecule has 5 heteroatoms. The van der Waals surface area contributed by atoms with Crippen molar-refractivity contribution < 1.29 is 0 Å². The standard InChI is InChI=1S/C16H20N4O/c1-12(2)19-9-13(10-19)11-20-16(21)6-5-15(18-20)14-4-3-7-17-8-14/h3-8,12-13H,9-11H2,1-2H3. The molecule has 0 N–H and O–H groups in total. The van der Waals surface area contributed by atoms with E-state index in [1.807, 2.05) is 12.1 Å². The summed E-state index contributed by atoms with van der Waals surface area (Å²) < 4.78 is 1.59. The van der Waals surface area contributed by atoms with E-state index in [9.17, 15) is 4.79 Å². The maximum Gasteiger partial charge on any atom is 0.266 e. The van der Waals surface area contributed by atoms with Crippen LogP contribution < -0.4 is 5.56 Å². The molecule has 0 bridgehead atoms. The highest BCUT2D eigenvalue weighted by molar-refractivity contribution is 5.56. The van der Waals surface area contributed by atoms with E-state index in [1.165, 1.54) is 0 Å². The molecule has 0 saturated carbocycles. The Morgan fingerprint density at radius 3 is 2.76 bits per heavy atom. The minimum atomic E-state index is -0.0364. The summed E-state index contributed by atoms with van der Waals surface area (Å²) in [6.45, 7) is 7.18. The fourth-order valence-electron chi connectivity index (χ4n) is 2.64. The van der Waals surface area contributed by atoms with Gasteiger partial charge in [-0.2, -0.15) is 5.10 Å². The second-order valence-corrected chi connectivity index (χ2v) is 5.89. The Kier molecular flexibility index (Phi) is 3.84. The zero-order chi connectivity index (χ0) is 14.8. The van der Waals surface area contributed by atoms with E-state index in [4.69, 9.17) is 0 Å². The summed E-state index contributed by atoms with van der Waals surface area (Å²) in [4.78, 5) is 18.5. The normalized spacial score (nSPS) is 16.1. The summed E-state index contributed by atoms with van der Waals surface area (Å²) in [7, 11) is 0. The molecule has 1 fully saturated rings. The predicted octanol–water partition coefficient (Wildman–Crippen LogP) is 1.65. The van der Waals surface area contributed by atoms with Gasteiger partial charge in [0, 0.05) is 49.1 Å². The molecule has 2 aromatic heterocycles. The Morgan fingerprint density at radius 1 is 1.29 bits per heavy atom. The van der Waals surface area contributed by atoms with E-state index in [0.717, 1.165) is 24.3 Å². The lowest BCUT2D eigenvalue weighted by Crippen LogP contribution is -2.52. The molecular formula is C16H20N4O. The molecular weight excluding hydrogens is 264 g/mol. The Labute approximate surface area is 124 Å². The third kappa shape index (κ3) is 3.03. The molecule has 5 nitrogen and oxygen atoms in total. The second kappa shape index (κ2) is 5.77. The quantitative estimate of drug-likeness (QED) is 0.856. The van der Waals surface area contributed by atoms with Crippen LogP contribution in [0.25, 0.3) is 11.3 Å². The molecule has 0 amide bonds. The molecule has 110 valence electrons. The van der Waals surface area contributed by atoms with E-state index in [0.29, 0.717) is 18.5 Å². The molecule has 3 rings (SSSR count). The van der Waals surface area contributed by atoms with Crippen molar-refractivity contribution in [2.45, 2.75) is 26.4 Å². The third-order valence-corrected chi connectivity index (χ3v) is 3.97.